The van der Waals surface area contributed by atoms with Crippen LogP contribution in [-0.2, 0) is 6.42 Å². The summed E-state index contributed by atoms with van der Waals surface area (Å²) in [4.78, 5) is 4.61. The summed E-state index contributed by atoms with van der Waals surface area (Å²) < 4.78 is 1.95. The Morgan fingerprint density at radius 2 is 1.49 bits per heavy atom. The molecule has 0 saturated heterocycles. The lowest BCUT2D eigenvalue weighted by Gasteiger charge is -2.10. The molecule has 0 atom stereocenters. The van der Waals surface area contributed by atoms with Crippen LogP contribution in [0.2, 0.25) is 0 Å². The van der Waals surface area contributed by atoms with Crippen molar-refractivity contribution >= 4 is 40.2 Å². The van der Waals surface area contributed by atoms with E-state index in [4.69, 9.17) is 5.73 Å². The molecule has 4 aromatic carbocycles. The van der Waals surface area contributed by atoms with Crippen molar-refractivity contribution in [3.63, 3.8) is 0 Å². The van der Waals surface area contributed by atoms with Gasteiger partial charge in [0.2, 0.25) is 5.95 Å². The molecule has 0 bridgehead atoms. The number of phenolic OH excluding ortho intramolecular Hbond substituents is 1. The van der Waals surface area contributed by atoms with Crippen LogP contribution < -0.4 is 5.73 Å². The molecular weight excluding hydrogens is 458 g/mol. The highest BCUT2D eigenvalue weighted by atomic mass is 35.5. The molecule has 6 rings (SSSR count). The summed E-state index contributed by atoms with van der Waals surface area (Å²) >= 11 is 0. The first-order valence-electron chi connectivity index (χ1n) is 11.0. The molecule has 0 aliphatic carbocycles. The number of hydrogen-bond acceptors (Lipinski definition) is 5. The van der Waals surface area contributed by atoms with Crippen LogP contribution in [0.1, 0.15) is 11.3 Å². The molecule has 0 fully saturated rings. The number of nitrogen functional groups attached to an aromatic ring is 1. The van der Waals surface area contributed by atoms with Gasteiger partial charge >= 0.3 is 0 Å². The molecule has 0 spiro atoms. The molecule has 0 aliphatic rings. The molecule has 172 valence electrons. The van der Waals surface area contributed by atoms with E-state index in [0.717, 1.165) is 50.0 Å². The molecule has 6 aromatic rings. The van der Waals surface area contributed by atoms with Gasteiger partial charge in [0, 0.05) is 28.4 Å². The number of phenols is 1. The van der Waals surface area contributed by atoms with Crippen molar-refractivity contribution in [2.24, 2.45) is 0 Å². The number of rotatable bonds is 4. The van der Waals surface area contributed by atoms with Gasteiger partial charge in [0.15, 0.2) is 0 Å². The van der Waals surface area contributed by atoms with E-state index in [1.54, 1.807) is 12.1 Å². The average Bonchev–Trinajstić information content (AvgIpc) is 3.21. The Morgan fingerprint density at radius 3 is 2.26 bits per heavy atom. The van der Waals surface area contributed by atoms with Crippen molar-refractivity contribution < 1.29 is 5.11 Å². The first-order valence-corrected chi connectivity index (χ1v) is 11.0. The van der Waals surface area contributed by atoms with Gasteiger partial charge in [-0.3, -0.25) is 4.57 Å². The van der Waals surface area contributed by atoms with E-state index in [1.165, 1.54) is 0 Å². The minimum absolute atomic E-state index is 0. The number of benzene rings is 4. The zero-order chi connectivity index (χ0) is 23.1. The van der Waals surface area contributed by atoms with Crippen LogP contribution in [0.15, 0.2) is 97.1 Å². The molecular formula is C28H22ClN5O. The number of nitrogens with two attached hydrogens (primary N) is 1. The summed E-state index contributed by atoms with van der Waals surface area (Å²) in [5, 5.41) is 20.9. The number of hydrogen-bond donors (Lipinski definition) is 2. The second kappa shape index (κ2) is 9.08. The van der Waals surface area contributed by atoms with Gasteiger partial charge in [-0.25, -0.2) is 4.98 Å². The Kier molecular flexibility index (Phi) is 5.81. The van der Waals surface area contributed by atoms with E-state index < -0.39 is 0 Å². The highest BCUT2D eigenvalue weighted by molar-refractivity contribution is 5.97. The number of aromatic nitrogens is 4. The Bertz CT molecular complexity index is 1650. The third-order valence-corrected chi connectivity index (χ3v) is 6.04. The Balaban J connectivity index is 0.00000253. The van der Waals surface area contributed by atoms with Crippen LogP contribution in [0.25, 0.3) is 38.8 Å². The van der Waals surface area contributed by atoms with Gasteiger partial charge in [0.25, 0.3) is 0 Å². The van der Waals surface area contributed by atoms with Crippen LogP contribution in [0.4, 0.5) is 5.95 Å². The van der Waals surface area contributed by atoms with E-state index in [0.29, 0.717) is 12.4 Å². The number of halogens is 1. The van der Waals surface area contributed by atoms with E-state index in [-0.39, 0.29) is 18.2 Å². The lowest BCUT2D eigenvalue weighted by molar-refractivity contribution is 0.475. The lowest BCUT2D eigenvalue weighted by Crippen LogP contribution is -2.00. The third kappa shape index (κ3) is 4.05. The summed E-state index contributed by atoms with van der Waals surface area (Å²) in [5.74, 6) is 0.694. The maximum absolute atomic E-state index is 9.57. The Morgan fingerprint density at radius 1 is 0.771 bits per heavy atom. The predicted octanol–water partition coefficient (Wildman–Crippen LogP) is 5.94. The smallest absolute Gasteiger partial charge is 0.205 e. The minimum Gasteiger partial charge on any atom is -0.508 e. The molecule has 2 aromatic heterocycles. The van der Waals surface area contributed by atoms with Crippen LogP contribution in [-0.4, -0.2) is 24.9 Å². The molecule has 6 nitrogen and oxygen atoms in total. The molecule has 3 N–H and O–H groups in total. The highest BCUT2D eigenvalue weighted by Crippen LogP contribution is 2.32. The zero-order valence-corrected chi connectivity index (χ0v) is 19.5. The van der Waals surface area contributed by atoms with Gasteiger partial charge < -0.3 is 10.8 Å². The zero-order valence-electron chi connectivity index (χ0n) is 18.7. The second-order valence-electron chi connectivity index (χ2n) is 8.23. The standard InChI is InChI=1S/C28H21N5O.ClH/c29-28-30-25-17-19(12-15-26(25)33(28)20-6-2-1-3-7-20)27-23-9-5-4-8-22(23)24(31-32-27)16-18-10-13-21(34)14-11-18;/h1-15,17,34H,16H2,(H2,29,30);1H. The molecule has 2 heterocycles. The van der Waals surface area contributed by atoms with Crippen molar-refractivity contribution in [1.82, 2.24) is 19.7 Å². The van der Waals surface area contributed by atoms with Crippen molar-refractivity contribution in [2.75, 3.05) is 5.73 Å². The molecule has 7 heteroatoms. The van der Waals surface area contributed by atoms with E-state index in [1.807, 2.05) is 77.4 Å². The van der Waals surface area contributed by atoms with Gasteiger partial charge in [0.1, 0.15) is 11.4 Å². The van der Waals surface area contributed by atoms with E-state index in [2.05, 4.69) is 27.3 Å². The van der Waals surface area contributed by atoms with Gasteiger partial charge in [0.05, 0.1) is 16.7 Å². The van der Waals surface area contributed by atoms with Gasteiger partial charge in [-0.2, -0.15) is 5.10 Å². The molecule has 0 aliphatic heterocycles. The summed E-state index contributed by atoms with van der Waals surface area (Å²) in [7, 11) is 0. The fraction of sp³-hybridized carbons (Fsp3) is 0.0357. The van der Waals surface area contributed by atoms with Crippen molar-refractivity contribution in [2.45, 2.75) is 6.42 Å². The summed E-state index contributed by atoms with van der Waals surface area (Å²) in [6, 6.07) is 31.4. The molecule has 0 radical (unpaired) electrons. The van der Waals surface area contributed by atoms with E-state index in [9.17, 15) is 5.11 Å². The maximum atomic E-state index is 9.57. The van der Waals surface area contributed by atoms with E-state index >= 15 is 0 Å². The Hall–Kier alpha value is -4.42. The fourth-order valence-corrected chi connectivity index (χ4v) is 4.40. The molecule has 0 amide bonds. The SMILES string of the molecule is Cl.Nc1nc2cc(-c3nnc(Cc4ccc(O)cc4)c4ccccc34)ccc2n1-c1ccccc1. The topological polar surface area (TPSA) is 89.8 Å². The number of nitrogens with zero attached hydrogens (tertiary/aromatic N) is 4. The molecule has 35 heavy (non-hydrogen) atoms. The van der Waals surface area contributed by atoms with Crippen molar-refractivity contribution in [3.8, 4) is 22.7 Å². The van der Waals surface area contributed by atoms with Crippen LogP contribution in [0, 0.1) is 0 Å². The first-order chi connectivity index (χ1) is 16.7. The predicted molar refractivity (Wildman–Crippen MR) is 142 cm³/mol. The monoisotopic (exact) mass is 479 g/mol. The average molecular weight is 480 g/mol. The quantitative estimate of drug-likeness (QED) is 0.327. The van der Waals surface area contributed by atoms with Crippen LogP contribution >= 0.6 is 12.4 Å². The number of aromatic hydroxyl groups is 1. The summed E-state index contributed by atoms with van der Waals surface area (Å²) in [6.07, 6.45) is 0.630. The summed E-state index contributed by atoms with van der Waals surface area (Å²) in [6.45, 7) is 0. The highest BCUT2D eigenvalue weighted by Gasteiger charge is 2.15. The Labute approximate surface area is 208 Å². The van der Waals surface area contributed by atoms with Gasteiger partial charge in [-0.15, -0.1) is 17.5 Å². The normalized spacial score (nSPS) is 11.0. The maximum Gasteiger partial charge on any atom is 0.205 e. The summed E-state index contributed by atoms with van der Waals surface area (Å²) in [5.41, 5.74) is 12.7. The molecule has 0 unspecified atom stereocenters. The fourth-order valence-electron chi connectivity index (χ4n) is 4.40. The number of fused-ring (bicyclic) bond motifs is 2. The van der Waals surface area contributed by atoms with Crippen LogP contribution in [0.3, 0.4) is 0 Å². The molecule has 0 saturated carbocycles. The largest absolute Gasteiger partial charge is 0.508 e. The second-order valence-corrected chi connectivity index (χ2v) is 8.23. The number of imidazole rings is 1. The van der Waals surface area contributed by atoms with Crippen molar-refractivity contribution in [1.29, 1.82) is 0 Å². The van der Waals surface area contributed by atoms with Crippen molar-refractivity contribution in [3.05, 3.63) is 108 Å². The first kappa shape index (κ1) is 22.4. The lowest BCUT2D eigenvalue weighted by atomic mass is 10.00. The minimum atomic E-state index is 0. The number of anilines is 1. The van der Waals surface area contributed by atoms with Gasteiger partial charge in [-0.05, 0) is 42.0 Å². The third-order valence-electron chi connectivity index (χ3n) is 6.04. The van der Waals surface area contributed by atoms with Gasteiger partial charge in [-0.1, -0.05) is 60.7 Å². The number of para-hydroxylation sites is 1. The van der Waals surface area contributed by atoms with Crippen LogP contribution in [0.5, 0.6) is 5.75 Å².